The highest BCUT2D eigenvalue weighted by atomic mass is 32.2. The molecule has 3 rings (SSSR count). The highest BCUT2D eigenvalue weighted by Gasteiger charge is 2.31. The molecule has 2 aromatic carbocycles. The first-order valence-electron chi connectivity index (χ1n) is 11.0. The molecule has 1 heterocycles. The Labute approximate surface area is 189 Å². The van der Waals surface area contributed by atoms with Gasteiger partial charge in [0.1, 0.15) is 5.82 Å². The van der Waals surface area contributed by atoms with E-state index in [1.165, 1.54) is 16.7 Å². The van der Waals surface area contributed by atoms with Gasteiger partial charge in [0.25, 0.3) is 5.56 Å². The van der Waals surface area contributed by atoms with E-state index < -0.39 is 26.2 Å². The second-order valence-corrected chi connectivity index (χ2v) is 9.76. The number of para-hydroxylation sites is 1. The summed E-state index contributed by atoms with van der Waals surface area (Å²) in [6, 6.07) is 12.0. The molecule has 1 aromatic heterocycles. The normalized spacial score (nSPS) is 11.6. The summed E-state index contributed by atoms with van der Waals surface area (Å²) in [5.41, 5.74) is 2.55. The summed E-state index contributed by atoms with van der Waals surface area (Å²) in [6.45, 7) is 7.87. The van der Waals surface area contributed by atoms with E-state index >= 15 is 0 Å². The number of benzene rings is 2. The maximum Gasteiger partial charge on any atom is 0.296 e. The molecule has 32 heavy (non-hydrogen) atoms. The molecule has 0 aliphatic carbocycles. The van der Waals surface area contributed by atoms with E-state index in [9.17, 15) is 18.3 Å². The minimum absolute atomic E-state index is 0.0513. The van der Waals surface area contributed by atoms with Gasteiger partial charge in [0.15, 0.2) is 4.90 Å². The summed E-state index contributed by atoms with van der Waals surface area (Å²) in [4.78, 5) is 16.4. The van der Waals surface area contributed by atoms with Crippen molar-refractivity contribution >= 4 is 9.84 Å². The number of sulfone groups is 1. The Bertz CT molecular complexity index is 1250. The van der Waals surface area contributed by atoms with Crippen LogP contribution < -0.4 is 5.56 Å². The number of aromatic hydroxyl groups is 1. The van der Waals surface area contributed by atoms with Gasteiger partial charge >= 0.3 is 0 Å². The van der Waals surface area contributed by atoms with Gasteiger partial charge in [-0.3, -0.25) is 9.36 Å². The molecular weight excluding hydrogens is 424 g/mol. The van der Waals surface area contributed by atoms with Crippen molar-refractivity contribution in [3.63, 3.8) is 0 Å². The van der Waals surface area contributed by atoms with Gasteiger partial charge in [0, 0.05) is 6.42 Å². The van der Waals surface area contributed by atoms with Crippen molar-refractivity contribution in [1.82, 2.24) is 9.55 Å². The van der Waals surface area contributed by atoms with E-state index in [4.69, 9.17) is 0 Å². The fraction of sp³-hybridized carbons (Fsp3) is 0.360. The van der Waals surface area contributed by atoms with Crippen molar-refractivity contribution in [2.45, 2.75) is 69.6 Å². The maximum absolute atomic E-state index is 13.4. The Kier molecular flexibility index (Phi) is 7.19. The molecule has 3 aromatic rings. The first-order chi connectivity index (χ1) is 15.3. The topological polar surface area (TPSA) is 89.3 Å². The molecule has 0 saturated heterocycles. The number of unbranched alkanes of at least 4 members (excludes halogenated alkanes) is 1. The third-order valence-electron chi connectivity index (χ3n) is 5.64. The molecule has 0 bridgehead atoms. The minimum Gasteiger partial charge on any atom is -0.493 e. The Morgan fingerprint density at radius 3 is 2.09 bits per heavy atom. The van der Waals surface area contributed by atoms with Gasteiger partial charge in [-0.1, -0.05) is 63.1 Å². The maximum atomic E-state index is 13.4. The van der Waals surface area contributed by atoms with Crippen LogP contribution in [0.3, 0.4) is 0 Å². The lowest BCUT2D eigenvalue weighted by atomic mass is 10.0. The predicted octanol–water partition coefficient (Wildman–Crippen LogP) is 4.55. The number of hydrogen-bond acceptors (Lipinski definition) is 5. The lowest BCUT2D eigenvalue weighted by Crippen LogP contribution is -2.25. The van der Waals surface area contributed by atoms with Gasteiger partial charge in [0.2, 0.25) is 15.7 Å². The van der Waals surface area contributed by atoms with Crippen molar-refractivity contribution in [3.05, 3.63) is 75.3 Å². The van der Waals surface area contributed by atoms with Crippen molar-refractivity contribution < 1.29 is 13.5 Å². The summed E-state index contributed by atoms with van der Waals surface area (Å²) in [5.74, 6) is -0.208. The first kappa shape index (κ1) is 23.7. The molecule has 6 nitrogen and oxygen atoms in total. The lowest BCUT2D eigenvalue weighted by molar-refractivity contribution is 0.409. The van der Waals surface area contributed by atoms with Crippen LogP contribution in [0, 0.1) is 6.92 Å². The SMILES string of the molecule is CCCCc1nc(=O)c(S(=O)(=O)c2ccc(C)cc2)c(O)n1-c1c(CC)cccc1CC. The Morgan fingerprint density at radius 1 is 0.969 bits per heavy atom. The molecule has 0 amide bonds. The third kappa shape index (κ3) is 4.35. The summed E-state index contributed by atoms with van der Waals surface area (Å²) in [6.07, 6.45) is 3.44. The fourth-order valence-electron chi connectivity index (χ4n) is 3.85. The molecule has 170 valence electrons. The van der Waals surface area contributed by atoms with Crippen LogP contribution in [0.5, 0.6) is 5.88 Å². The lowest BCUT2D eigenvalue weighted by Gasteiger charge is -2.22. The molecule has 0 aliphatic heterocycles. The third-order valence-corrected chi connectivity index (χ3v) is 7.43. The van der Waals surface area contributed by atoms with Crippen molar-refractivity contribution in [1.29, 1.82) is 0 Å². The highest BCUT2D eigenvalue weighted by molar-refractivity contribution is 7.91. The summed E-state index contributed by atoms with van der Waals surface area (Å²) < 4.78 is 28.3. The van der Waals surface area contributed by atoms with Crippen LogP contribution in [0.2, 0.25) is 0 Å². The average Bonchev–Trinajstić information content (AvgIpc) is 2.77. The molecule has 1 N–H and O–H groups in total. The van der Waals surface area contributed by atoms with Crippen molar-refractivity contribution in [2.24, 2.45) is 0 Å². The smallest absolute Gasteiger partial charge is 0.296 e. The van der Waals surface area contributed by atoms with Gasteiger partial charge in [-0.05, 0) is 49.4 Å². The van der Waals surface area contributed by atoms with E-state index in [1.54, 1.807) is 12.1 Å². The van der Waals surface area contributed by atoms with Crippen LogP contribution in [-0.4, -0.2) is 23.1 Å². The van der Waals surface area contributed by atoms with E-state index in [0.717, 1.165) is 29.5 Å². The average molecular weight is 455 g/mol. The van der Waals surface area contributed by atoms with Crippen LogP contribution in [-0.2, 0) is 29.1 Å². The van der Waals surface area contributed by atoms with E-state index in [2.05, 4.69) is 4.98 Å². The van der Waals surface area contributed by atoms with Gasteiger partial charge in [-0.15, -0.1) is 0 Å². The van der Waals surface area contributed by atoms with E-state index in [-0.39, 0.29) is 4.90 Å². The molecule has 0 radical (unpaired) electrons. The monoisotopic (exact) mass is 454 g/mol. The molecule has 0 saturated carbocycles. The van der Waals surface area contributed by atoms with Crippen LogP contribution in [0.1, 0.15) is 56.1 Å². The van der Waals surface area contributed by atoms with Crippen LogP contribution >= 0.6 is 0 Å². The molecule has 0 aliphatic rings. The zero-order chi connectivity index (χ0) is 23.5. The molecule has 0 unspecified atom stereocenters. The van der Waals surface area contributed by atoms with Crippen LogP contribution in [0.4, 0.5) is 0 Å². The minimum atomic E-state index is -4.27. The summed E-state index contributed by atoms with van der Waals surface area (Å²) >= 11 is 0. The van der Waals surface area contributed by atoms with Crippen molar-refractivity contribution in [2.75, 3.05) is 0 Å². The molecule has 0 spiro atoms. The number of hydrogen-bond donors (Lipinski definition) is 1. The van der Waals surface area contributed by atoms with Crippen LogP contribution in [0.25, 0.3) is 5.69 Å². The molecule has 0 atom stereocenters. The number of aryl methyl sites for hydroxylation is 4. The van der Waals surface area contributed by atoms with E-state index in [1.807, 2.05) is 45.9 Å². The van der Waals surface area contributed by atoms with Gasteiger partial charge in [-0.25, -0.2) is 8.42 Å². The summed E-state index contributed by atoms with van der Waals surface area (Å²) in [5, 5.41) is 11.3. The Balaban J connectivity index is 2.40. The van der Waals surface area contributed by atoms with E-state index in [0.29, 0.717) is 30.8 Å². The van der Waals surface area contributed by atoms with Gasteiger partial charge in [-0.2, -0.15) is 4.98 Å². The predicted molar refractivity (Wildman–Crippen MR) is 125 cm³/mol. The van der Waals surface area contributed by atoms with Gasteiger partial charge < -0.3 is 5.11 Å². The highest BCUT2D eigenvalue weighted by Crippen LogP contribution is 2.32. The first-order valence-corrected chi connectivity index (χ1v) is 12.5. The quantitative estimate of drug-likeness (QED) is 0.539. The van der Waals surface area contributed by atoms with Crippen molar-refractivity contribution in [3.8, 4) is 11.6 Å². The molecular formula is C25H30N2O4S. The molecule has 0 fully saturated rings. The van der Waals surface area contributed by atoms with Crippen LogP contribution in [0.15, 0.2) is 57.1 Å². The number of nitrogens with zero attached hydrogens (tertiary/aromatic N) is 2. The van der Waals surface area contributed by atoms with Gasteiger partial charge in [0.05, 0.1) is 10.6 Å². The zero-order valence-corrected chi connectivity index (χ0v) is 19.9. The fourth-order valence-corrected chi connectivity index (χ4v) is 5.18. The molecule has 7 heteroatoms. The second kappa shape index (κ2) is 9.69. The zero-order valence-electron chi connectivity index (χ0n) is 19.1. The largest absolute Gasteiger partial charge is 0.493 e. The number of rotatable bonds is 8. The number of aromatic nitrogens is 2. The standard InChI is InChI=1S/C25H30N2O4S/c1-5-8-12-21-26-24(28)23(32(30,31)20-15-13-17(4)14-16-20)25(29)27(21)22-18(6-2)10-9-11-19(22)7-3/h9-11,13-16,29H,5-8,12H2,1-4H3. The summed E-state index contributed by atoms with van der Waals surface area (Å²) in [7, 11) is -4.27. The Morgan fingerprint density at radius 2 is 1.56 bits per heavy atom. The second-order valence-electron chi connectivity index (χ2n) is 7.87. The Hall–Kier alpha value is -2.93.